The van der Waals surface area contributed by atoms with Crippen LogP contribution in [0.1, 0.15) is 11.3 Å². The van der Waals surface area contributed by atoms with Crippen LogP contribution in [0.25, 0.3) is 17.1 Å². The lowest BCUT2D eigenvalue weighted by atomic mass is 10.1. The number of benzene rings is 1. The molecule has 4 rings (SSSR count). The summed E-state index contributed by atoms with van der Waals surface area (Å²) in [7, 11) is 0. The summed E-state index contributed by atoms with van der Waals surface area (Å²) in [6.45, 7) is 4.65. The summed E-state index contributed by atoms with van der Waals surface area (Å²) >= 11 is 6.15. The quantitative estimate of drug-likeness (QED) is 0.335. The van der Waals surface area contributed by atoms with Gasteiger partial charge in [-0.25, -0.2) is 19.6 Å². The zero-order valence-electron chi connectivity index (χ0n) is 17.8. The van der Waals surface area contributed by atoms with Crippen molar-refractivity contribution in [1.82, 2.24) is 20.2 Å². The van der Waals surface area contributed by atoms with Crippen molar-refractivity contribution in [3.05, 3.63) is 46.9 Å². The van der Waals surface area contributed by atoms with Gasteiger partial charge in [-0.05, 0) is 30.7 Å². The lowest BCUT2D eigenvalue weighted by Gasteiger charge is -2.37. The molecular formula is C21H18ClF3N6O3. The molecule has 3 aromatic rings. The zero-order valence-corrected chi connectivity index (χ0v) is 18.5. The summed E-state index contributed by atoms with van der Waals surface area (Å²) in [5.74, 6) is -3.50. The van der Waals surface area contributed by atoms with E-state index in [0.717, 1.165) is 11.3 Å². The van der Waals surface area contributed by atoms with Crippen molar-refractivity contribution in [2.45, 2.75) is 13.1 Å². The maximum Gasteiger partial charge on any atom is 0.491 e. The summed E-state index contributed by atoms with van der Waals surface area (Å²) in [6.07, 6.45) is -2.04. The topological polar surface area (TPSA) is 104 Å². The first-order chi connectivity index (χ1) is 16.1. The van der Waals surface area contributed by atoms with Crippen LogP contribution in [0, 0.1) is 6.92 Å². The number of alkyl halides is 3. The van der Waals surface area contributed by atoms with E-state index in [9.17, 15) is 22.8 Å². The minimum atomic E-state index is -5.27. The molecule has 1 aliphatic rings. The number of rotatable bonds is 4. The molecule has 178 valence electrons. The molecule has 1 aromatic carbocycles. The second-order valence-electron chi connectivity index (χ2n) is 7.48. The Morgan fingerprint density at radius 3 is 2.56 bits per heavy atom. The molecule has 34 heavy (non-hydrogen) atoms. The predicted octanol–water partition coefficient (Wildman–Crippen LogP) is 3.29. The molecule has 0 unspecified atom stereocenters. The van der Waals surface area contributed by atoms with E-state index in [1.165, 1.54) is 12.4 Å². The molecule has 0 aliphatic carbocycles. The minimum Gasteiger partial charge on any atom is -0.383 e. The van der Waals surface area contributed by atoms with Crippen LogP contribution in [0.3, 0.4) is 0 Å². The molecule has 0 atom stereocenters. The summed E-state index contributed by atoms with van der Waals surface area (Å²) < 4.78 is 40.6. The summed E-state index contributed by atoms with van der Waals surface area (Å²) in [6, 6.07) is 5.74. The lowest BCUT2D eigenvalue weighted by Crippen LogP contribution is -2.47. The third-order valence-electron chi connectivity index (χ3n) is 5.26. The van der Waals surface area contributed by atoms with E-state index in [-0.39, 0.29) is 5.69 Å². The maximum absolute atomic E-state index is 12.3. The minimum absolute atomic E-state index is 0.287. The Hall–Kier alpha value is -3.67. The lowest BCUT2D eigenvalue weighted by molar-refractivity contribution is -0.200. The molecule has 1 saturated heterocycles. The molecular weight excluding hydrogens is 477 g/mol. The first-order valence-electron chi connectivity index (χ1n) is 10.1. The average Bonchev–Trinajstić information content (AvgIpc) is 3.22. The number of nitrogens with one attached hydrogen (secondary N) is 1. The molecule has 13 heteroatoms. The van der Waals surface area contributed by atoms with Gasteiger partial charge in [0, 0.05) is 43.0 Å². The number of aromatic nitrogens is 4. The first kappa shape index (κ1) is 23.5. The fourth-order valence-electron chi connectivity index (χ4n) is 3.64. The Labute approximate surface area is 196 Å². The van der Waals surface area contributed by atoms with Crippen LogP contribution < -0.4 is 9.80 Å². The second kappa shape index (κ2) is 9.29. The van der Waals surface area contributed by atoms with Crippen LogP contribution in [0.4, 0.5) is 24.7 Å². The standard InChI is InChI=1S/C21H18ClF3N6O3/c1-12-2-3-13(22)10-15(12)30-6-8-31(9-7-30)19-17-14(28-29-18(17)26-11-27-19)4-5-16(32)34-20(33)21(23,24)25/h2-5,10-11H,6-9H2,1H3,(H,26,27,28,29)/b5-4+. The van der Waals surface area contributed by atoms with Gasteiger partial charge in [-0.2, -0.15) is 18.3 Å². The molecule has 9 nitrogen and oxygen atoms in total. The van der Waals surface area contributed by atoms with Gasteiger partial charge in [0.1, 0.15) is 12.1 Å². The van der Waals surface area contributed by atoms with Gasteiger partial charge in [-0.3, -0.25) is 5.10 Å². The Morgan fingerprint density at radius 1 is 1.15 bits per heavy atom. The Balaban J connectivity index is 1.52. The van der Waals surface area contributed by atoms with Gasteiger partial charge in [0.25, 0.3) is 0 Å². The van der Waals surface area contributed by atoms with E-state index in [1.54, 1.807) is 0 Å². The molecule has 1 N–H and O–H groups in total. The molecule has 0 radical (unpaired) electrons. The number of hydrogen-bond donors (Lipinski definition) is 1. The Bertz CT molecular complexity index is 1270. The van der Waals surface area contributed by atoms with Crippen molar-refractivity contribution in [3.8, 4) is 0 Å². The van der Waals surface area contributed by atoms with Crippen LogP contribution in [0.2, 0.25) is 5.02 Å². The molecule has 0 bridgehead atoms. The van der Waals surface area contributed by atoms with Gasteiger partial charge in [-0.1, -0.05) is 17.7 Å². The number of piperazine rings is 1. The van der Waals surface area contributed by atoms with Crippen LogP contribution in [0.15, 0.2) is 30.6 Å². The number of fused-ring (bicyclic) bond motifs is 1. The van der Waals surface area contributed by atoms with Crippen molar-refractivity contribution < 1.29 is 27.5 Å². The fraction of sp³-hybridized carbons (Fsp3) is 0.286. The highest BCUT2D eigenvalue weighted by atomic mass is 35.5. The van der Waals surface area contributed by atoms with Crippen LogP contribution >= 0.6 is 11.6 Å². The largest absolute Gasteiger partial charge is 0.491 e. The van der Waals surface area contributed by atoms with Crippen molar-refractivity contribution >= 4 is 52.2 Å². The number of anilines is 2. The average molecular weight is 495 g/mol. The van der Waals surface area contributed by atoms with Gasteiger partial charge in [0.05, 0.1) is 11.1 Å². The number of halogens is 4. The number of esters is 2. The number of nitrogens with zero attached hydrogens (tertiary/aromatic N) is 5. The number of hydrogen-bond acceptors (Lipinski definition) is 8. The SMILES string of the molecule is Cc1ccc(Cl)cc1N1CCN(c2ncnc3n[nH]c(/C=C/C(=O)OC(=O)C(F)(F)F)c23)CC1. The van der Waals surface area contributed by atoms with Crippen molar-refractivity contribution in [3.63, 3.8) is 0 Å². The van der Waals surface area contributed by atoms with E-state index in [1.807, 2.05) is 30.0 Å². The number of aryl methyl sites for hydroxylation is 1. The van der Waals surface area contributed by atoms with Crippen molar-refractivity contribution in [2.24, 2.45) is 0 Å². The summed E-state index contributed by atoms with van der Waals surface area (Å²) in [5, 5.41) is 7.88. The van der Waals surface area contributed by atoms with Crippen molar-refractivity contribution in [1.29, 1.82) is 0 Å². The smallest absolute Gasteiger partial charge is 0.383 e. The highest BCUT2D eigenvalue weighted by Gasteiger charge is 2.42. The predicted molar refractivity (Wildman–Crippen MR) is 118 cm³/mol. The van der Waals surface area contributed by atoms with Crippen LogP contribution in [-0.2, 0) is 14.3 Å². The number of carbonyl (C=O) groups is 2. The highest BCUT2D eigenvalue weighted by Crippen LogP contribution is 2.29. The molecule has 1 fully saturated rings. The zero-order chi connectivity index (χ0) is 24.5. The van der Waals surface area contributed by atoms with E-state index in [0.29, 0.717) is 54.1 Å². The number of carbonyl (C=O) groups excluding carboxylic acids is 2. The molecule has 2 aromatic heterocycles. The van der Waals surface area contributed by atoms with Gasteiger partial charge in [0.2, 0.25) is 0 Å². The first-order valence-corrected chi connectivity index (χ1v) is 10.5. The summed E-state index contributed by atoms with van der Waals surface area (Å²) in [5.41, 5.74) is 2.77. The van der Waals surface area contributed by atoms with Crippen molar-refractivity contribution in [2.75, 3.05) is 36.0 Å². The molecule has 1 aliphatic heterocycles. The Kier molecular flexibility index (Phi) is 6.42. The third-order valence-corrected chi connectivity index (χ3v) is 5.50. The molecule has 3 heterocycles. The molecule has 0 saturated carbocycles. The van der Waals surface area contributed by atoms with E-state index >= 15 is 0 Å². The normalized spacial score (nSPS) is 14.7. The van der Waals surface area contributed by atoms with Gasteiger partial charge < -0.3 is 14.5 Å². The fourth-order valence-corrected chi connectivity index (χ4v) is 3.81. The number of H-pyrrole nitrogens is 1. The molecule has 0 spiro atoms. The van der Waals surface area contributed by atoms with E-state index < -0.39 is 18.1 Å². The van der Waals surface area contributed by atoms with Crippen LogP contribution in [0.5, 0.6) is 0 Å². The maximum atomic E-state index is 12.3. The monoisotopic (exact) mass is 494 g/mol. The third kappa shape index (κ3) is 4.96. The number of ether oxygens (including phenoxy) is 1. The van der Waals surface area contributed by atoms with Gasteiger partial charge in [-0.15, -0.1) is 0 Å². The highest BCUT2D eigenvalue weighted by molar-refractivity contribution is 6.30. The summed E-state index contributed by atoms with van der Waals surface area (Å²) in [4.78, 5) is 35.1. The van der Waals surface area contributed by atoms with E-state index in [4.69, 9.17) is 11.6 Å². The molecule has 0 amide bonds. The second-order valence-corrected chi connectivity index (χ2v) is 7.91. The van der Waals surface area contributed by atoms with Gasteiger partial charge >= 0.3 is 18.1 Å². The van der Waals surface area contributed by atoms with Crippen LogP contribution in [-0.4, -0.2) is 64.5 Å². The van der Waals surface area contributed by atoms with Gasteiger partial charge in [0.15, 0.2) is 5.65 Å². The van der Waals surface area contributed by atoms with E-state index in [2.05, 4.69) is 29.8 Å². The number of aromatic amines is 1. The Morgan fingerprint density at radius 2 is 1.85 bits per heavy atom.